The average molecular weight is 718 g/mol. The molecule has 3 unspecified atom stereocenters. The van der Waals surface area contributed by atoms with Gasteiger partial charge in [-0.2, -0.15) is 4.37 Å². The molecule has 2 saturated heterocycles. The molecular weight excluding hydrogens is 688 g/mol. The van der Waals surface area contributed by atoms with Crippen molar-refractivity contribution in [1.29, 1.82) is 0 Å². The number of ether oxygens (including phenoxy) is 2. The van der Waals surface area contributed by atoms with E-state index in [1.807, 2.05) is 0 Å². The summed E-state index contributed by atoms with van der Waals surface area (Å²) in [7, 11) is -3.52. The summed E-state index contributed by atoms with van der Waals surface area (Å²) in [6, 6.07) is -0.717. The fourth-order valence-corrected chi connectivity index (χ4v) is 11.4. The van der Waals surface area contributed by atoms with Gasteiger partial charge in [-0.3, -0.25) is 18.8 Å². The summed E-state index contributed by atoms with van der Waals surface area (Å²) in [5.74, 6) is -0.750. The van der Waals surface area contributed by atoms with Crippen LogP contribution < -0.4 is 17.0 Å². The van der Waals surface area contributed by atoms with Gasteiger partial charge in [0.1, 0.15) is 35.2 Å². The van der Waals surface area contributed by atoms with Crippen LogP contribution in [-0.4, -0.2) is 99.2 Å². The van der Waals surface area contributed by atoms with E-state index < -0.39 is 68.0 Å². The third-order valence-corrected chi connectivity index (χ3v) is 13.7. The smallest absolute Gasteiger partial charge is 0.390 e. The van der Waals surface area contributed by atoms with Crippen LogP contribution in [0.3, 0.4) is 0 Å². The first-order chi connectivity index (χ1) is 21.8. The fourth-order valence-electron chi connectivity index (χ4n) is 6.51. The number of nitrogens with one attached hydrogen (secondary N) is 1. The first kappa shape index (κ1) is 32.0. The molecule has 8 N–H and O–H groups in total. The fraction of sp³-hybridized carbons (Fsp3) is 0.565. The minimum atomic E-state index is -4.89. The number of nitrogens with two attached hydrogens (primary N) is 2. The van der Waals surface area contributed by atoms with Crippen molar-refractivity contribution >= 4 is 71.6 Å². The molecule has 0 bridgehead atoms. The van der Waals surface area contributed by atoms with Gasteiger partial charge in [-0.25, -0.2) is 24.5 Å². The van der Waals surface area contributed by atoms with E-state index in [0.717, 1.165) is 11.5 Å². The minimum Gasteiger partial charge on any atom is -0.390 e. The largest absolute Gasteiger partial charge is 0.472 e. The predicted octanol–water partition coefficient (Wildman–Crippen LogP) is 0.355. The van der Waals surface area contributed by atoms with Crippen molar-refractivity contribution in [1.82, 2.24) is 33.9 Å². The zero-order chi connectivity index (χ0) is 32.6. The third-order valence-electron chi connectivity index (χ3n) is 8.74. The Morgan fingerprint density at radius 1 is 1.22 bits per heavy atom. The van der Waals surface area contributed by atoms with E-state index in [1.165, 1.54) is 19.8 Å². The number of nitrogen functional groups attached to an aromatic ring is 2. The highest BCUT2D eigenvalue weighted by Gasteiger charge is 2.57. The Labute approximate surface area is 268 Å². The Morgan fingerprint density at radius 2 is 2.02 bits per heavy atom. The topological polar surface area (TPSA) is 278 Å². The van der Waals surface area contributed by atoms with Gasteiger partial charge in [-0.1, -0.05) is 0 Å². The number of phosphoric ester groups is 1. The van der Waals surface area contributed by atoms with Crippen LogP contribution in [0.2, 0.25) is 0 Å². The lowest BCUT2D eigenvalue weighted by atomic mass is 9.92. The summed E-state index contributed by atoms with van der Waals surface area (Å²) in [6.07, 6.45) is -0.804. The molecule has 0 spiro atoms. The summed E-state index contributed by atoms with van der Waals surface area (Å²) >= 11 is 6.51. The highest BCUT2D eigenvalue weighted by atomic mass is 32.5. The standard InChI is InChI=1S/C23H29N9O10P2S2/c1-38-23-2-3-40-43(35,45)16-9(4-10(14(16)33)32-8-28-13-19(24)26-7-27-20(13)32)5-41-44(36,37)42-18(23)15(39-6-23)17-11-12(31-46-17)21(34)30-22(25)29-11/h7-10,14-16,18,33H,2-6H2,1H3,(H,35,45)(H,36,37)(H2,24,26,27)(H3,25,29,30,34)/t9-,10-,14+,15+,16-,18+,23?,43?/m1/s1. The van der Waals surface area contributed by atoms with Gasteiger partial charge in [0.15, 0.2) is 23.5 Å². The van der Waals surface area contributed by atoms with Crippen LogP contribution in [-0.2, 0) is 39.4 Å². The molecule has 3 fully saturated rings. The van der Waals surface area contributed by atoms with Crippen molar-refractivity contribution in [2.45, 2.75) is 48.5 Å². The van der Waals surface area contributed by atoms with Crippen LogP contribution in [0.1, 0.15) is 29.9 Å². The van der Waals surface area contributed by atoms with Crippen LogP contribution in [0, 0.1) is 5.92 Å². The average Bonchev–Trinajstić information content (AvgIpc) is 3.76. The number of methoxy groups -OCH3 is 1. The molecule has 7 rings (SSSR count). The molecule has 0 aromatic carbocycles. The number of aliphatic hydroxyl groups excluding tert-OH is 1. The number of aromatic amines is 1. The number of H-pyrrole nitrogens is 1. The SMILES string of the molecule is COC12CCOP(O)(=S)[C@@H]3[C@@H](COP(=O)(O)O[C@H]1[C@H](c1snc4c(=O)[nH]c(N)nc14)OC2)C[C@@H](n1cnc2c(N)ncnc21)[C@@H]3O. The van der Waals surface area contributed by atoms with Gasteiger partial charge < -0.3 is 44.9 Å². The third kappa shape index (κ3) is 5.28. The van der Waals surface area contributed by atoms with E-state index in [-0.39, 0.29) is 48.9 Å². The summed E-state index contributed by atoms with van der Waals surface area (Å²) in [6.45, 7) is -4.57. The Balaban J connectivity index is 1.23. The highest BCUT2D eigenvalue weighted by molar-refractivity contribution is 8.09. The van der Waals surface area contributed by atoms with Gasteiger partial charge in [-0.15, -0.1) is 0 Å². The first-order valence-electron chi connectivity index (χ1n) is 13.9. The number of imidazole rings is 1. The maximum Gasteiger partial charge on any atom is 0.472 e. The summed E-state index contributed by atoms with van der Waals surface area (Å²) in [5.41, 5.74) is 9.52. The van der Waals surface area contributed by atoms with Gasteiger partial charge in [-0.05, 0) is 35.7 Å². The molecule has 0 amide bonds. The van der Waals surface area contributed by atoms with E-state index in [4.69, 9.17) is 46.3 Å². The molecule has 1 saturated carbocycles. The molecule has 1 aliphatic carbocycles. The van der Waals surface area contributed by atoms with Crippen LogP contribution in [0.25, 0.3) is 22.2 Å². The Morgan fingerprint density at radius 3 is 2.80 bits per heavy atom. The molecule has 2 aliphatic heterocycles. The zero-order valence-electron chi connectivity index (χ0n) is 23.9. The number of phosphoric acid groups is 1. The molecule has 46 heavy (non-hydrogen) atoms. The van der Waals surface area contributed by atoms with Crippen molar-refractivity contribution in [2.24, 2.45) is 5.92 Å². The van der Waals surface area contributed by atoms with Gasteiger partial charge in [0, 0.05) is 13.5 Å². The van der Waals surface area contributed by atoms with Gasteiger partial charge in [0.2, 0.25) is 5.95 Å². The molecule has 6 heterocycles. The van der Waals surface area contributed by atoms with Crippen molar-refractivity contribution in [3.8, 4) is 0 Å². The monoisotopic (exact) mass is 717 g/mol. The molecule has 9 atom stereocenters. The lowest BCUT2D eigenvalue weighted by molar-refractivity contribution is -0.0899. The number of fused-ring (bicyclic) bond motifs is 4. The quantitative estimate of drug-likeness (QED) is 0.156. The second-order valence-corrected chi connectivity index (χ2v) is 17.0. The van der Waals surface area contributed by atoms with Gasteiger partial charge in [0.05, 0.1) is 48.8 Å². The number of hydrogen-bond donors (Lipinski definition) is 6. The number of aromatic nitrogens is 7. The molecular formula is C23H29N9O10P2S2. The Bertz CT molecular complexity index is 1980. The van der Waals surface area contributed by atoms with E-state index >= 15 is 0 Å². The minimum absolute atomic E-state index is 0.00816. The molecule has 19 nitrogen and oxygen atoms in total. The number of rotatable bonds is 3. The maximum atomic E-state index is 13.6. The Kier molecular flexibility index (Phi) is 8.06. The molecule has 4 aromatic rings. The molecule has 0 radical (unpaired) electrons. The lowest BCUT2D eigenvalue weighted by Crippen LogP contribution is -2.46. The molecule has 23 heteroatoms. The van der Waals surface area contributed by atoms with Crippen molar-refractivity contribution in [2.75, 3.05) is 38.4 Å². The second kappa shape index (κ2) is 11.6. The van der Waals surface area contributed by atoms with Crippen molar-refractivity contribution < 1.29 is 42.5 Å². The van der Waals surface area contributed by atoms with Gasteiger partial charge >= 0.3 is 7.82 Å². The first-order valence-corrected chi connectivity index (χ1v) is 18.9. The van der Waals surface area contributed by atoms with E-state index in [1.54, 1.807) is 4.57 Å². The highest BCUT2D eigenvalue weighted by Crippen LogP contribution is 2.61. The van der Waals surface area contributed by atoms with Crippen molar-refractivity contribution in [3.05, 3.63) is 27.9 Å². The zero-order valence-corrected chi connectivity index (χ0v) is 27.3. The van der Waals surface area contributed by atoms with E-state index in [2.05, 4.69) is 29.3 Å². The predicted molar refractivity (Wildman–Crippen MR) is 165 cm³/mol. The summed E-state index contributed by atoms with van der Waals surface area (Å²) < 4.78 is 48.5. The number of nitrogens with zero attached hydrogens (tertiary/aromatic N) is 6. The number of hydrogen-bond acceptors (Lipinski definition) is 17. The van der Waals surface area contributed by atoms with Crippen molar-refractivity contribution in [3.63, 3.8) is 0 Å². The number of aliphatic hydroxyl groups is 1. The maximum absolute atomic E-state index is 13.6. The lowest BCUT2D eigenvalue weighted by Gasteiger charge is -2.36. The van der Waals surface area contributed by atoms with Gasteiger partial charge in [0.25, 0.3) is 5.56 Å². The Hall–Kier alpha value is -2.52. The van der Waals surface area contributed by atoms with E-state index in [9.17, 15) is 24.3 Å². The van der Waals surface area contributed by atoms with Crippen LogP contribution in [0.15, 0.2) is 17.4 Å². The van der Waals surface area contributed by atoms with Crippen LogP contribution in [0.4, 0.5) is 11.8 Å². The number of anilines is 2. The van der Waals surface area contributed by atoms with E-state index in [0.29, 0.717) is 16.0 Å². The second-order valence-electron chi connectivity index (χ2n) is 11.3. The molecule has 3 aliphatic rings. The van der Waals surface area contributed by atoms with Crippen LogP contribution >= 0.6 is 25.8 Å². The molecule has 4 aromatic heterocycles. The summed E-state index contributed by atoms with van der Waals surface area (Å²) in [5, 5.41) is 11.6. The molecule has 248 valence electrons. The summed E-state index contributed by atoms with van der Waals surface area (Å²) in [4.78, 5) is 54.4. The normalized spacial score (nSPS) is 37.1. The van der Waals surface area contributed by atoms with Crippen LogP contribution in [0.5, 0.6) is 0 Å².